The van der Waals surface area contributed by atoms with Crippen LogP contribution in [0.25, 0.3) is 0 Å². The van der Waals surface area contributed by atoms with Gasteiger partial charge in [-0.25, -0.2) is 0 Å². The Labute approximate surface area is 95.1 Å². The number of allylic oxidation sites excluding steroid dienone is 2. The standard InChI is InChI=1S/C15H26/c1-11-6-5-7-12(2)13-10-15(3,4)14(13)9-8-11/h6,12-14H,5,7-10H2,1-4H3/b11-6-/t12-,13-,14-/m1/s1. The van der Waals surface area contributed by atoms with Crippen LogP contribution in [-0.2, 0) is 0 Å². The van der Waals surface area contributed by atoms with E-state index in [9.17, 15) is 0 Å². The van der Waals surface area contributed by atoms with E-state index < -0.39 is 0 Å². The lowest BCUT2D eigenvalue weighted by Gasteiger charge is -2.54. The zero-order valence-corrected chi connectivity index (χ0v) is 10.8. The Morgan fingerprint density at radius 1 is 1.27 bits per heavy atom. The minimum absolute atomic E-state index is 0.629. The summed E-state index contributed by atoms with van der Waals surface area (Å²) in [6.45, 7) is 9.73. The minimum Gasteiger partial charge on any atom is -0.0856 e. The maximum atomic E-state index is 2.48. The summed E-state index contributed by atoms with van der Waals surface area (Å²) in [6.07, 6.45) is 9.46. The molecule has 1 saturated carbocycles. The maximum Gasteiger partial charge on any atom is -0.0320 e. The van der Waals surface area contributed by atoms with Crippen molar-refractivity contribution >= 4 is 0 Å². The lowest BCUT2D eigenvalue weighted by Crippen LogP contribution is -2.46. The molecule has 15 heavy (non-hydrogen) atoms. The van der Waals surface area contributed by atoms with Crippen LogP contribution in [-0.4, -0.2) is 0 Å². The third kappa shape index (κ3) is 2.14. The fraction of sp³-hybridized carbons (Fsp3) is 0.867. The molecule has 0 heterocycles. The quantitative estimate of drug-likeness (QED) is 0.499. The van der Waals surface area contributed by atoms with Crippen LogP contribution in [0.3, 0.4) is 0 Å². The highest BCUT2D eigenvalue weighted by Gasteiger charge is 2.48. The summed E-state index contributed by atoms with van der Waals surface area (Å²) in [7, 11) is 0. The molecule has 0 N–H and O–H groups in total. The summed E-state index contributed by atoms with van der Waals surface area (Å²) in [5, 5.41) is 0. The summed E-state index contributed by atoms with van der Waals surface area (Å²) in [4.78, 5) is 0. The molecule has 0 aromatic rings. The first kappa shape index (κ1) is 11.2. The molecule has 1 fully saturated rings. The lowest BCUT2D eigenvalue weighted by atomic mass is 9.51. The van der Waals surface area contributed by atoms with E-state index in [0.29, 0.717) is 5.41 Å². The Kier molecular flexibility index (Phi) is 2.96. The van der Waals surface area contributed by atoms with E-state index in [2.05, 4.69) is 33.8 Å². The zero-order chi connectivity index (χ0) is 11.1. The monoisotopic (exact) mass is 206 g/mol. The smallest absolute Gasteiger partial charge is 0.0320 e. The summed E-state index contributed by atoms with van der Waals surface area (Å²) < 4.78 is 0. The van der Waals surface area contributed by atoms with Gasteiger partial charge in [0.05, 0.1) is 0 Å². The maximum absolute atomic E-state index is 2.48. The average molecular weight is 206 g/mol. The molecular formula is C15H26. The van der Waals surface area contributed by atoms with E-state index in [-0.39, 0.29) is 0 Å². The van der Waals surface area contributed by atoms with Gasteiger partial charge in [0.15, 0.2) is 0 Å². The molecule has 0 nitrogen and oxygen atoms in total. The second kappa shape index (κ2) is 3.96. The van der Waals surface area contributed by atoms with Crippen LogP contribution in [0, 0.1) is 23.2 Å². The molecule has 0 aromatic carbocycles. The Morgan fingerprint density at radius 2 is 2.00 bits per heavy atom. The molecule has 0 amide bonds. The topological polar surface area (TPSA) is 0 Å². The molecule has 0 radical (unpaired) electrons. The van der Waals surface area contributed by atoms with Crippen LogP contribution >= 0.6 is 0 Å². The van der Waals surface area contributed by atoms with E-state index in [0.717, 1.165) is 17.8 Å². The second-order valence-corrected chi connectivity index (χ2v) is 6.61. The van der Waals surface area contributed by atoms with Gasteiger partial charge in [-0.1, -0.05) is 32.4 Å². The molecular weight excluding hydrogens is 180 g/mol. The summed E-state index contributed by atoms with van der Waals surface area (Å²) in [5.41, 5.74) is 2.26. The van der Waals surface area contributed by atoms with Gasteiger partial charge in [-0.15, -0.1) is 0 Å². The van der Waals surface area contributed by atoms with E-state index in [4.69, 9.17) is 0 Å². The summed E-state index contributed by atoms with van der Waals surface area (Å²) in [5.74, 6) is 2.97. The Balaban J connectivity index is 2.08. The Bertz CT molecular complexity index is 259. The molecule has 0 aliphatic heterocycles. The van der Waals surface area contributed by atoms with Crippen LogP contribution in [0.4, 0.5) is 0 Å². The van der Waals surface area contributed by atoms with E-state index in [1.54, 1.807) is 5.57 Å². The van der Waals surface area contributed by atoms with Gasteiger partial charge in [0.1, 0.15) is 0 Å². The summed E-state index contributed by atoms with van der Waals surface area (Å²) in [6, 6.07) is 0. The van der Waals surface area contributed by atoms with Crippen molar-refractivity contribution < 1.29 is 0 Å². The van der Waals surface area contributed by atoms with E-state index >= 15 is 0 Å². The molecule has 0 unspecified atom stereocenters. The normalized spacial score (nSPS) is 43.7. The van der Waals surface area contributed by atoms with Gasteiger partial charge >= 0.3 is 0 Å². The van der Waals surface area contributed by atoms with Gasteiger partial charge < -0.3 is 0 Å². The Hall–Kier alpha value is -0.260. The zero-order valence-electron chi connectivity index (χ0n) is 10.8. The molecule has 2 rings (SSSR count). The Morgan fingerprint density at radius 3 is 2.67 bits per heavy atom. The van der Waals surface area contributed by atoms with E-state index in [1.807, 2.05) is 0 Å². The third-order valence-corrected chi connectivity index (χ3v) is 4.98. The molecule has 0 bridgehead atoms. The number of rotatable bonds is 0. The van der Waals surface area contributed by atoms with Gasteiger partial charge in [0.2, 0.25) is 0 Å². The fourth-order valence-corrected chi connectivity index (χ4v) is 3.81. The fourth-order valence-electron chi connectivity index (χ4n) is 3.81. The first-order chi connectivity index (χ1) is 7.00. The van der Waals surface area contributed by atoms with Crippen molar-refractivity contribution in [2.24, 2.45) is 23.2 Å². The van der Waals surface area contributed by atoms with Crippen molar-refractivity contribution in [3.63, 3.8) is 0 Å². The molecule has 3 atom stereocenters. The number of hydrogen-bond donors (Lipinski definition) is 0. The predicted octanol–water partition coefficient (Wildman–Crippen LogP) is 4.81. The first-order valence-corrected chi connectivity index (χ1v) is 6.66. The SMILES string of the molecule is C/C1=C/CC[C@@H](C)[C@H]2CC(C)(C)[C@@H]2CC1. The molecule has 2 aliphatic rings. The van der Waals surface area contributed by atoms with Gasteiger partial charge in [-0.3, -0.25) is 0 Å². The highest BCUT2D eigenvalue weighted by Crippen LogP contribution is 2.56. The third-order valence-electron chi connectivity index (χ3n) is 4.98. The number of fused-ring (bicyclic) bond motifs is 1. The van der Waals surface area contributed by atoms with Crippen LogP contribution < -0.4 is 0 Å². The molecule has 2 aliphatic carbocycles. The molecule has 0 heteroatoms. The van der Waals surface area contributed by atoms with Crippen molar-refractivity contribution in [3.8, 4) is 0 Å². The highest BCUT2D eigenvalue weighted by molar-refractivity contribution is 5.05. The number of hydrogen-bond acceptors (Lipinski definition) is 0. The minimum atomic E-state index is 0.629. The summed E-state index contributed by atoms with van der Waals surface area (Å²) >= 11 is 0. The van der Waals surface area contributed by atoms with Crippen molar-refractivity contribution in [1.82, 2.24) is 0 Å². The molecule has 0 spiro atoms. The van der Waals surface area contributed by atoms with Crippen molar-refractivity contribution in [2.75, 3.05) is 0 Å². The van der Waals surface area contributed by atoms with Crippen LogP contribution in [0.2, 0.25) is 0 Å². The van der Waals surface area contributed by atoms with Crippen molar-refractivity contribution in [3.05, 3.63) is 11.6 Å². The molecule has 0 saturated heterocycles. The van der Waals surface area contributed by atoms with E-state index in [1.165, 1.54) is 32.1 Å². The molecule has 86 valence electrons. The van der Waals surface area contributed by atoms with Gasteiger partial charge in [-0.05, 0) is 62.2 Å². The largest absolute Gasteiger partial charge is 0.0856 e. The van der Waals surface area contributed by atoms with Gasteiger partial charge in [0.25, 0.3) is 0 Å². The average Bonchev–Trinajstić information content (AvgIpc) is 2.18. The van der Waals surface area contributed by atoms with Crippen LogP contribution in [0.5, 0.6) is 0 Å². The molecule has 0 aromatic heterocycles. The first-order valence-electron chi connectivity index (χ1n) is 6.66. The van der Waals surface area contributed by atoms with Crippen molar-refractivity contribution in [1.29, 1.82) is 0 Å². The van der Waals surface area contributed by atoms with Crippen molar-refractivity contribution in [2.45, 2.75) is 59.8 Å². The highest BCUT2D eigenvalue weighted by atomic mass is 14.5. The van der Waals surface area contributed by atoms with Gasteiger partial charge in [-0.2, -0.15) is 0 Å². The van der Waals surface area contributed by atoms with Crippen LogP contribution in [0.15, 0.2) is 11.6 Å². The van der Waals surface area contributed by atoms with Crippen LogP contribution in [0.1, 0.15) is 59.8 Å². The van der Waals surface area contributed by atoms with Gasteiger partial charge in [0, 0.05) is 0 Å². The predicted molar refractivity (Wildman–Crippen MR) is 66.8 cm³/mol. The second-order valence-electron chi connectivity index (χ2n) is 6.61. The lowest BCUT2D eigenvalue weighted by molar-refractivity contribution is -0.0483.